The first-order chi connectivity index (χ1) is 14.5. The number of aryl methyl sites for hydroxylation is 1. The van der Waals surface area contributed by atoms with Crippen LogP contribution in [-0.4, -0.2) is 34.9 Å². The number of aromatic nitrogens is 2. The zero-order valence-electron chi connectivity index (χ0n) is 16.6. The molecule has 3 aromatic heterocycles. The standard InChI is InChI=1S/C21H23N5O3S/c1-13-16(25-21(29-13)17-5-3-9-30-17)10-19(27)24-15-6-7-18(23-11-15)26-8-2-4-14(12-26)20(22)28/h3,5-7,9,11,14H,2,4,8,10,12H2,1H3,(H2,22,28)(H,24,27). The Balaban J connectivity index is 1.37. The number of nitrogens with one attached hydrogen (secondary N) is 1. The first kappa shape index (κ1) is 20.1. The van der Waals surface area contributed by atoms with Gasteiger partial charge in [-0.25, -0.2) is 9.97 Å². The highest BCUT2D eigenvalue weighted by atomic mass is 32.1. The minimum absolute atomic E-state index is 0.120. The molecule has 1 aliphatic heterocycles. The molecule has 8 nitrogen and oxygen atoms in total. The van der Waals surface area contributed by atoms with Crippen molar-refractivity contribution in [3.05, 3.63) is 47.3 Å². The second-order valence-corrected chi connectivity index (χ2v) is 8.26. The highest BCUT2D eigenvalue weighted by molar-refractivity contribution is 7.13. The van der Waals surface area contributed by atoms with Gasteiger partial charge < -0.3 is 20.4 Å². The largest absolute Gasteiger partial charge is 0.440 e. The lowest BCUT2D eigenvalue weighted by Crippen LogP contribution is -2.41. The molecule has 0 saturated carbocycles. The summed E-state index contributed by atoms with van der Waals surface area (Å²) in [5.41, 5.74) is 6.67. The van der Waals surface area contributed by atoms with Crippen LogP contribution in [0.25, 0.3) is 10.8 Å². The molecule has 1 unspecified atom stereocenters. The lowest BCUT2D eigenvalue weighted by Gasteiger charge is -2.32. The Labute approximate surface area is 178 Å². The third kappa shape index (κ3) is 4.51. The van der Waals surface area contributed by atoms with Crippen molar-refractivity contribution in [3.8, 4) is 10.8 Å². The van der Waals surface area contributed by atoms with E-state index in [4.69, 9.17) is 10.2 Å². The molecule has 2 amide bonds. The van der Waals surface area contributed by atoms with E-state index in [1.54, 1.807) is 19.2 Å². The number of primary amides is 1. The number of amides is 2. The Bertz CT molecular complexity index is 1030. The van der Waals surface area contributed by atoms with Crippen molar-refractivity contribution in [2.75, 3.05) is 23.3 Å². The fourth-order valence-corrected chi connectivity index (χ4v) is 4.17. The topological polar surface area (TPSA) is 114 Å². The third-order valence-electron chi connectivity index (χ3n) is 5.13. The average Bonchev–Trinajstić information content (AvgIpc) is 3.39. The van der Waals surface area contributed by atoms with Gasteiger partial charge in [-0.3, -0.25) is 9.59 Å². The summed E-state index contributed by atoms with van der Waals surface area (Å²) in [6, 6.07) is 7.51. The Kier molecular flexibility index (Phi) is 5.80. The molecule has 4 heterocycles. The van der Waals surface area contributed by atoms with E-state index in [-0.39, 0.29) is 24.2 Å². The van der Waals surface area contributed by atoms with E-state index in [0.717, 1.165) is 30.1 Å². The Morgan fingerprint density at radius 2 is 2.23 bits per heavy atom. The van der Waals surface area contributed by atoms with E-state index in [1.807, 2.05) is 23.6 Å². The number of carbonyl (C=O) groups is 2. The van der Waals surface area contributed by atoms with E-state index in [1.165, 1.54) is 11.3 Å². The van der Waals surface area contributed by atoms with Gasteiger partial charge in [-0.15, -0.1) is 11.3 Å². The van der Waals surface area contributed by atoms with Gasteiger partial charge in [-0.1, -0.05) is 6.07 Å². The molecule has 4 rings (SSSR count). The van der Waals surface area contributed by atoms with Crippen molar-refractivity contribution in [1.82, 2.24) is 9.97 Å². The van der Waals surface area contributed by atoms with Gasteiger partial charge in [0.05, 0.1) is 34.8 Å². The normalized spacial score (nSPS) is 16.4. The van der Waals surface area contributed by atoms with Gasteiger partial charge in [0, 0.05) is 13.1 Å². The Morgan fingerprint density at radius 1 is 1.37 bits per heavy atom. The number of thiophene rings is 1. The molecule has 156 valence electrons. The van der Waals surface area contributed by atoms with E-state index >= 15 is 0 Å². The molecule has 0 aromatic carbocycles. The second-order valence-electron chi connectivity index (χ2n) is 7.32. The van der Waals surface area contributed by atoms with E-state index in [0.29, 0.717) is 29.6 Å². The summed E-state index contributed by atoms with van der Waals surface area (Å²) >= 11 is 1.54. The van der Waals surface area contributed by atoms with Gasteiger partial charge in [0.1, 0.15) is 11.6 Å². The summed E-state index contributed by atoms with van der Waals surface area (Å²) in [6.07, 6.45) is 3.46. The SMILES string of the molecule is Cc1oc(-c2cccs2)nc1CC(=O)Nc1ccc(N2CCCC(C(N)=O)C2)nc1. The fraction of sp³-hybridized carbons (Fsp3) is 0.333. The van der Waals surface area contributed by atoms with Crippen LogP contribution in [0.4, 0.5) is 11.5 Å². The van der Waals surface area contributed by atoms with Crippen LogP contribution in [0.3, 0.4) is 0 Å². The fourth-order valence-electron chi connectivity index (χ4n) is 3.52. The van der Waals surface area contributed by atoms with Crippen molar-refractivity contribution >= 4 is 34.7 Å². The number of carbonyl (C=O) groups excluding carboxylic acids is 2. The Hall–Kier alpha value is -3.20. The molecule has 30 heavy (non-hydrogen) atoms. The minimum Gasteiger partial charge on any atom is -0.440 e. The molecule has 3 N–H and O–H groups in total. The lowest BCUT2D eigenvalue weighted by molar-refractivity contribution is -0.122. The highest BCUT2D eigenvalue weighted by Crippen LogP contribution is 2.26. The minimum atomic E-state index is -0.269. The number of nitrogens with two attached hydrogens (primary N) is 1. The quantitative estimate of drug-likeness (QED) is 0.627. The van der Waals surface area contributed by atoms with Gasteiger partial charge in [0.15, 0.2) is 0 Å². The molecule has 1 fully saturated rings. The van der Waals surface area contributed by atoms with E-state index in [2.05, 4.69) is 20.2 Å². The number of rotatable bonds is 6. The maximum absolute atomic E-state index is 12.5. The molecule has 0 aliphatic carbocycles. The summed E-state index contributed by atoms with van der Waals surface area (Å²) < 4.78 is 5.69. The zero-order chi connectivity index (χ0) is 21.1. The number of nitrogens with zero attached hydrogens (tertiary/aromatic N) is 3. The third-order valence-corrected chi connectivity index (χ3v) is 5.99. The molecule has 1 atom stereocenters. The summed E-state index contributed by atoms with van der Waals surface area (Å²) in [5, 5.41) is 4.80. The van der Waals surface area contributed by atoms with Crippen LogP contribution in [0.5, 0.6) is 0 Å². The number of oxazole rings is 1. The van der Waals surface area contributed by atoms with Crippen LogP contribution >= 0.6 is 11.3 Å². The highest BCUT2D eigenvalue weighted by Gasteiger charge is 2.24. The van der Waals surface area contributed by atoms with Gasteiger partial charge in [-0.2, -0.15) is 0 Å². The van der Waals surface area contributed by atoms with Gasteiger partial charge >= 0.3 is 0 Å². The van der Waals surface area contributed by atoms with Crippen molar-refractivity contribution in [1.29, 1.82) is 0 Å². The van der Waals surface area contributed by atoms with Gasteiger partial charge in [0.25, 0.3) is 0 Å². The van der Waals surface area contributed by atoms with Gasteiger partial charge in [-0.05, 0) is 43.3 Å². The number of anilines is 2. The summed E-state index contributed by atoms with van der Waals surface area (Å²) in [4.78, 5) is 35.8. The first-order valence-electron chi connectivity index (χ1n) is 9.80. The number of pyridine rings is 1. The number of hydrogen-bond donors (Lipinski definition) is 2. The van der Waals surface area contributed by atoms with Crippen molar-refractivity contribution < 1.29 is 14.0 Å². The van der Waals surface area contributed by atoms with Crippen LogP contribution in [0, 0.1) is 12.8 Å². The molecule has 0 radical (unpaired) electrons. The maximum Gasteiger partial charge on any atom is 0.236 e. The molecule has 0 bridgehead atoms. The van der Waals surface area contributed by atoms with Gasteiger partial charge in [0.2, 0.25) is 17.7 Å². The van der Waals surface area contributed by atoms with Crippen molar-refractivity contribution in [2.24, 2.45) is 11.7 Å². The zero-order valence-corrected chi connectivity index (χ0v) is 17.4. The van der Waals surface area contributed by atoms with Crippen LogP contribution in [0.2, 0.25) is 0 Å². The molecular weight excluding hydrogens is 402 g/mol. The van der Waals surface area contributed by atoms with Crippen LogP contribution in [0.15, 0.2) is 40.3 Å². The predicted octanol–water partition coefficient (Wildman–Crippen LogP) is 2.99. The van der Waals surface area contributed by atoms with Crippen molar-refractivity contribution in [2.45, 2.75) is 26.2 Å². The molecular formula is C21H23N5O3S. The maximum atomic E-state index is 12.5. The average molecular weight is 426 g/mol. The van der Waals surface area contributed by atoms with Crippen LogP contribution in [-0.2, 0) is 16.0 Å². The second kappa shape index (κ2) is 8.66. The summed E-state index contributed by atoms with van der Waals surface area (Å²) in [5.74, 6) is 1.33. The lowest BCUT2D eigenvalue weighted by atomic mass is 9.97. The molecule has 0 spiro atoms. The molecule has 3 aromatic rings. The van der Waals surface area contributed by atoms with E-state index in [9.17, 15) is 9.59 Å². The molecule has 1 saturated heterocycles. The van der Waals surface area contributed by atoms with E-state index < -0.39 is 0 Å². The summed E-state index contributed by atoms with van der Waals surface area (Å²) in [6.45, 7) is 3.22. The van der Waals surface area contributed by atoms with Crippen LogP contribution in [0.1, 0.15) is 24.3 Å². The first-order valence-corrected chi connectivity index (χ1v) is 10.7. The Morgan fingerprint density at radius 3 is 2.93 bits per heavy atom. The van der Waals surface area contributed by atoms with Crippen molar-refractivity contribution in [3.63, 3.8) is 0 Å². The number of hydrogen-bond acceptors (Lipinski definition) is 7. The predicted molar refractivity (Wildman–Crippen MR) is 115 cm³/mol. The number of piperidine rings is 1. The monoisotopic (exact) mass is 425 g/mol. The summed E-state index contributed by atoms with van der Waals surface area (Å²) in [7, 11) is 0. The molecule has 1 aliphatic rings. The van der Waals surface area contributed by atoms with Crippen LogP contribution < -0.4 is 16.0 Å². The molecule has 9 heteroatoms. The smallest absolute Gasteiger partial charge is 0.236 e.